The largest absolute Gasteiger partial charge is 0.399 e. The molecule has 0 spiro atoms. The van der Waals surface area contributed by atoms with Gasteiger partial charge in [-0.3, -0.25) is 4.79 Å². The lowest BCUT2D eigenvalue weighted by Crippen LogP contribution is -2.11. The molecular formula is C16H18N2OS. The van der Waals surface area contributed by atoms with Gasteiger partial charge in [0.25, 0.3) is 0 Å². The summed E-state index contributed by atoms with van der Waals surface area (Å²) < 4.78 is 0. The van der Waals surface area contributed by atoms with E-state index in [-0.39, 0.29) is 5.91 Å². The summed E-state index contributed by atoms with van der Waals surface area (Å²) in [6, 6.07) is 17.4. The molecular weight excluding hydrogens is 268 g/mol. The molecule has 2 aromatic carbocycles. The van der Waals surface area contributed by atoms with Crippen LogP contribution in [0.15, 0.2) is 59.5 Å². The predicted octanol–water partition coefficient (Wildman–Crippen LogP) is 3.78. The molecule has 3 N–H and O–H groups in total. The van der Waals surface area contributed by atoms with Crippen molar-refractivity contribution in [3.05, 3.63) is 54.6 Å². The Bertz CT molecular complexity index is 540. The summed E-state index contributed by atoms with van der Waals surface area (Å²) in [5.41, 5.74) is 7.08. The zero-order valence-electron chi connectivity index (χ0n) is 11.2. The van der Waals surface area contributed by atoms with E-state index in [1.807, 2.05) is 30.3 Å². The van der Waals surface area contributed by atoms with E-state index in [0.717, 1.165) is 17.9 Å². The normalized spacial score (nSPS) is 10.2. The Morgan fingerprint density at radius 3 is 2.45 bits per heavy atom. The molecule has 0 radical (unpaired) electrons. The Kier molecular flexibility index (Phi) is 5.50. The highest BCUT2D eigenvalue weighted by Gasteiger charge is 2.02. The van der Waals surface area contributed by atoms with Gasteiger partial charge in [0.1, 0.15) is 0 Å². The number of hydrogen-bond acceptors (Lipinski definition) is 3. The number of anilines is 2. The van der Waals surface area contributed by atoms with Crippen LogP contribution in [0.4, 0.5) is 11.4 Å². The van der Waals surface area contributed by atoms with Crippen LogP contribution in [0.25, 0.3) is 0 Å². The molecule has 0 aliphatic carbocycles. The molecule has 3 nitrogen and oxygen atoms in total. The fourth-order valence-electron chi connectivity index (χ4n) is 1.73. The monoisotopic (exact) mass is 286 g/mol. The molecule has 0 fully saturated rings. The van der Waals surface area contributed by atoms with Gasteiger partial charge in [0.2, 0.25) is 5.91 Å². The van der Waals surface area contributed by atoms with Gasteiger partial charge in [0.05, 0.1) is 0 Å². The Hall–Kier alpha value is -1.94. The minimum absolute atomic E-state index is 0.0448. The molecule has 0 aliphatic rings. The Balaban J connectivity index is 1.66. The number of carbonyl (C=O) groups excluding carboxylic acids is 1. The highest BCUT2D eigenvalue weighted by Crippen LogP contribution is 2.18. The summed E-state index contributed by atoms with van der Waals surface area (Å²) in [4.78, 5) is 13.0. The van der Waals surface area contributed by atoms with Crippen LogP contribution < -0.4 is 11.1 Å². The lowest BCUT2D eigenvalue weighted by Gasteiger charge is -2.05. The first kappa shape index (κ1) is 14.5. The highest BCUT2D eigenvalue weighted by molar-refractivity contribution is 7.99. The second kappa shape index (κ2) is 7.60. The van der Waals surface area contributed by atoms with Crippen LogP contribution in [-0.4, -0.2) is 11.7 Å². The standard InChI is InChI=1S/C16H18N2OS/c17-13-8-10-14(11-9-13)18-16(19)7-4-12-20-15-5-2-1-3-6-15/h1-3,5-6,8-11H,4,7,12,17H2,(H,18,19). The van der Waals surface area contributed by atoms with Gasteiger partial charge in [0.15, 0.2) is 0 Å². The molecule has 4 heteroatoms. The average Bonchev–Trinajstić information content (AvgIpc) is 2.47. The first-order chi connectivity index (χ1) is 9.74. The van der Waals surface area contributed by atoms with Crippen LogP contribution >= 0.6 is 11.8 Å². The van der Waals surface area contributed by atoms with E-state index >= 15 is 0 Å². The molecule has 0 saturated carbocycles. The highest BCUT2D eigenvalue weighted by atomic mass is 32.2. The SMILES string of the molecule is Nc1ccc(NC(=O)CCCSc2ccccc2)cc1. The van der Waals surface area contributed by atoms with Crippen molar-refractivity contribution in [1.29, 1.82) is 0 Å². The number of benzene rings is 2. The summed E-state index contributed by atoms with van der Waals surface area (Å²) in [7, 11) is 0. The van der Waals surface area contributed by atoms with Crippen molar-refractivity contribution in [2.45, 2.75) is 17.7 Å². The van der Waals surface area contributed by atoms with Crippen molar-refractivity contribution in [3.63, 3.8) is 0 Å². The average molecular weight is 286 g/mol. The maximum Gasteiger partial charge on any atom is 0.224 e. The molecule has 0 unspecified atom stereocenters. The molecule has 2 rings (SSSR count). The number of rotatable bonds is 6. The molecule has 0 saturated heterocycles. The molecule has 104 valence electrons. The number of amides is 1. The number of nitrogens with one attached hydrogen (secondary N) is 1. The lowest BCUT2D eigenvalue weighted by atomic mass is 10.2. The predicted molar refractivity (Wildman–Crippen MR) is 85.9 cm³/mol. The van der Waals surface area contributed by atoms with Crippen molar-refractivity contribution in [2.75, 3.05) is 16.8 Å². The van der Waals surface area contributed by atoms with E-state index in [1.165, 1.54) is 4.90 Å². The van der Waals surface area contributed by atoms with Crippen LogP contribution in [0.1, 0.15) is 12.8 Å². The van der Waals surface area contributed by atoms with Crippen LogP contribution in [0, 0.1) is 0 Å². The van der Waals surface area contributed by atoms with E-state index in [9.17, 15) is 4.79 Å². The van der Waals surface area contributed by atoms with Crippen LogP contribution in [0.5, 0.6) is 0 Å². The van der Waals surface area contributed by atoms with Gasteiger partial charge < -0.3 is 11.1 Å². The summed E-state index contributed by atoms with van der Waals surface area (Å²) in [6.07, 6.45) is 1.39. The zero-order chi connectivity index (χ0) is 14.2. The van der Waals surface area contributed by atoms with E-state index in [1.54, 1.807) is 23.9 Å². The third-order valence-corrected chi connectivity index (χ3v) is 3.85. The van der Waals surface area contributed by atoms with E-state index < -0.39 is 0 Å². The van der Waals surface area contributed by atoms with E-state index in [0.29, 0.717) is 12.1 Å². The first-order valence-corrected chi connectivity index (χ1v) is 7.56. The molecule has 2 aromatic rings. The molecule has 0 aliphatic heterocycles. The maximum absolute atomic E-state index is 11.8. The van der Waals surface area contributed by atoms with Crippen LogP contribution in [0.3, 0.4) is 0 Å². The number of carbonyl (C=O) groups is 1. The zero-order valence-corrected chi connectivity index (χ0v) is 12.0. The van der Waals surface area contributed by atoms with Gasteiger partial charge in [-0.25, -0.2) is 0 Å². The Morgan fingerprint density at radius 2 is 1.75 bits per heavy atom. The quantitative estimate of drug-likeness (QED) is 0.483. The number of hydrogen-bond donors (Lipinski definition) is 2. The summed E-state index contributed by atoms with van der Waals surface area (Å²) >= 11 is 1.77. The molecule has 1 amide bonds. The summed E-state index contributed by atoms with van der Waals surface area (Å²) in [6.45, 7) is 0. The van der Waals surface area contributed by atoms with Crippen molar-refractivity contribution >= 4 is 29.0 Å². The fourth-order valence-corrected chi connectivity index (χ4v) is 2.60. The molecule has 0 bridgehead atoms. The van der Waals surface area contributed by atoms with Gasteiger partial charge in [-0.05, 0) is 48.6 Å². The molecule has 20 heavy (non-hydrogen) atoms. The topological polar surface area (TPSA) is 55.1 Å². The molecule has 0 atom stereocenters. The van der Waals surface area contributed by atoms with E-state index in [4.69, 9.17) is 5.73 Å². The van der Waals surface area contributed by atoms with Gasteiger partial charge in [-0.15, -0.1) is 11.8 Å². The summed E-state index contributed by atoms with van der Waals surface area (Å²) in [5, 5.41) is 2.86. The van der Waals surface area contributed by atoms with Crippen LogP contribution in [-0.2, 0) is 4.79 Å². The molecule has 0 heterocycles. The minimum atomic E-state index is 0.0448. The number of nitrogen functional groups attached to an aromatic ring is 1. The van der Waals surface area contributed by atoms with Crippen LogP contribution in [0.2, 0.25) is 0 Å². The maximum atomic E-state index is 11.8. The number of thioether (sulfide) groups is 1. The molecule has 0 aromatic heterocycles. The Labute approximate surface area is 123 Å². The van der Waals surface area contributed by atoms with Gasteiger partial charge >= 0.3 is 0 Å². The van der Waals surface area contributed by atoms with Gasteiger partial charge in [0, 0.05) is 22.7 Å². The lowest BCUT2D eigenvalue weighted by molar-refractivity contribution is -0.116. The summed E-state index contributed by atoms with van der Waals surface area (Å²) in [5.74, 6) is 0.988. The second-order valence-corrected chi connectivity index (χ2v) is 5.60. The smallest absolute Gasteiger partial charge is 0.224 e. The second-order valence-electron chi connectivity index (χ2n) is 4.44. The van der Waals surface area contributed by atoms with Crippen molar-refractivity contribution < 1.29 is 4.79 Å². The first-order valence-electron chi connectivity index (χ1n) is 6.57. The Morgan fingerprint density at radius 1 is 1.05 bits per heavy atom. The van der Waals surface area contributed by atoms with Gasteiger partial charge in [-0.1, -0.05) is 18.2 Å². The van der Waals surface area contributed by atoms with Gasteiger partial charge in [-0.2, -0.15) is 0 Å². The van der Waals surface area contributed by atoms with Crippen molar-refractivity contribution in [3.8, 4) is 0 Å². The van der Waals surface area contributed by atoms with E-state index in [2.05, 4.69) is 17.4 Å². The third kappa shape index (κ3) is 4.97. The fraction of sp³-hybridized carbons (Fsp3) is 0.188. The third-order valence-electron chi connectivity index (χ3n) is 2.75. The van der Waals surface area contributed by atoms with Crippen molar-refractivity contribution in [2.24, 2.45) is 0 Å². The minimum Gasteiger partial charge on any atom is -0.399 e. The van der Waals surface area contributed by atoms with Crippen molar-refractivity contribution in [1.82, 2.24) is 0 Å². The number of nitrogens with two attached hydrogens (primary N) is 1.